The Bertz CT molecular complexity index is 658. The molecule has 114 valence electrons. The molecule has 2 rings (SSSR count). The average molecular weight is 310 g/mol. The Hall–Kier alpha value is -2.19. The molecule has 0 radical (unpaired) electrons. The number of carbonyl (C=O) groups is 1. The molecule has 9 heteroatoms. The summed E-state index contributed by atoms with van der Waals surface area (Å²) in [6.07, 6.45) is -9.53. The molecule has 0 bridgehead atoms. The van der Waals surface area contributed by atoms with E-state index in [4.69, 9.17) is 0 Å². The van der Waals surface area contributed by atoms with E-state index < -0.39 is 29.9 Å². The summed E-state index contributed by atoms with van der Waals surface area (Å²) in [6, 6.07) is 3.04. The number of carbonyl (C=O) groups excluding carboxylic acids is 1. The van der Waals surface area contributed by atoms with Crippen LogP contribution in [0, 0.1) is 0 Å². The Morgan fingerprint density at radius 3 is 2.29 bits per heavy atom. The van der Waals surface area contributed by atoms with Gasteiger partial charge in [-0.15, -0.1) is 0 Å². The molecule has 21 heavy (non-hydrogen) atoms. The first-order valence-electron chi connectivity index (χ1n) is 5.61. The fourth-order valence-corrected chi connectivity index (χ4v) is 1.88. The van der Waals surface area contributed by atoms with Crippen molar-refractivity contribution in [3.8, 4) is 0 Å². The van der Waals surface area contributed by atoms with Crippen molar-refractivity contribution >= 4 is 16.8 Å². The van der Waals surface area contributed by atoms with E-state index >= 15 is 0 Å². The second-order valence-electron chi connectivity index (χ2n) is 4.24. The van der Waals surface area contributed by atoms with Gasteiger partial charge in [0.2, 0.25) is 0 Å². The molecule has 1 heterocycles. The Balaban J connectivity index is 2.44. The van der Waals surface area contributed by atoms with Crippen molar-refractivity contribution in [2.24, 2.45) is 0 Å². The normalized spacial score (nSPS) is 14.2. The highest BCUT2D eigenvalue weighted by atomic mass is 19.4. The van der Waals surface area contributed by atoms with E-state index in [2.05, 4.69) is 4.98 Å². The van der Waals surface area contributed by atoms with Crippen LogP contribution in [-0.4, -0.2) is 23.2 Å². The molecule has 2 N–H and O–H groups in total. The lowest BCUT2D eigenvalue weighted by atomic mass is 10.1. The number of H-pyrrole nitrogens is 1. The van der Waals surface area contributed by atoms with Crippen LogP contribution in [-0.2, 0) is 4.79 Å². The number of fused-ring (bicyclic) bond motifs is 1. The lowest BCUT2D eigenvalue weighted by Crippen LogP contribution is -2.44. The third-order valence-corrected chi connectivity index (χ3v) is 2.79. The van der Waals surface area contributed by atoms with Gasteiger partial charge in [-0.25, -0.2) is 0 Å². The van der Waals surface area contributed by atoms with Crippen molar-refractivity contribution in [1.82, 2.24) is 10.3 Å². The number of rotatable bonds is 2. The van der Waals surface area contributed by atoms with E-state index in [0.29, 0.717) is 5.52 Å². The average Bonchev–Trinajstić information content (AvgIpc) is 2.76. The van der Waals surface area contributed by atoms with Gasteiger partial charge in [0.1, 0.15) is 0 Å². The summed E-state index contributed by atoms with van der Waals surface area (Å²) in [4.78, 5) is 13.3. The number of nitrogens with one attached hydrogen (secondary N) is 2. The molecule has 2 aromatic rings. The summed E-state index contributed by atoms with van der Waals surface area (Å²) in [5.74, 6) is -2.64. The molecule has 1 amide bonds. The Morgan fingerprint density at radius 1 is 1.10 bits per heavy atom. The summed E-state index contributed by atoms with van der Waals surface area (Å²) >= 11 is 0. The largest absolute Gasteiger partial charge is 0.471 e. The summed E-state index contributed by atoms with van der Waals surface area (Å²) in [7, 11) is 0. The first-order valence-corrected chi connectivity index (χ1v) is 5.61. The standard InChI is InChI=1S/C12H8F6N2O/c13-11(14,15)9(20-10(21)12(16,17)18)7-5-19-8-4-2-1-3-6(7)8/h1-5,9,19H,(H,20,21)/t9-/m1/s1. The van der Waals surface area contributed by atoms with Crippen molar-refractivity contribution in [2.45, 2.75) is 18.4 Å². The van der Waals surface area contributed by atoms with E-state index in [1.165, 1.54) is 18.2 Å². The maximum Gasteiger partial charge on any atom is 0.471 e. The highest BCUT2D eigenvalue weighted by molar-refractivity contribution is 5.86. The van der Waals surface area contributed by atoms with Gasteiger partial charge in [0.25, 0.3) is 0 Å². The van der Waals surface area contributed by atoms with Crippen molar-refractivity contribution in [3.05, 3.63) is 36.0 Å². The van der Waals surface area contributed by atoms with Gasteiger partial charge < -0.3 is 10.3 Å². The van der Waals surface area contributed by atoms with Gasteiger partial charge >= 0.3 is 18.3 Å². The van der Waals surface area contributed by atoms with Gasteiger partial charge in [0.05, 0.1) is 0 Å². The predicted molar refractivity (Wildman–Crippen MR) is 61.3 cm³/mol. The van der Waals surface area contributed by atoms with Gasteiger partial charge in [0, 0.05) is 22.7 Å². The van der Waals surface area contributed by atoms with Crippen LogP contribution in [0.15, 0.2) is 30.5 Å². The Morgan fingerprint density at radius 2 is 1.71 bits per heavy atom. The molecular formula is C12H8F6N2O. The number of alkyl halides is 6. The number of benzene rings is 1. The highest BCUT2D eigenvalue weighted by Gasteiger charge is 2.48. The Labute approximate surface area is 113 Å². The SMILES string of the molecule is O=C(N[C@H](c1c[nH]c2ccccc12)C(F)(F)F)C(F)(F)F. The molecule has 1 atom stereocenters. The van der Waals surface area contributed by atoms with E-state index in [1.807, 2.05) is 0 Å². The molecule has 0 unspecified atom stereocenters. The topological polar surface area (TPSA) is 44.9 Å². The van der Waals surface area contributed by atoms with Gasteiger partial charge in [-0.1, -0.05) is 18.2 Å². The van der Waals surface area contributed by atoms with E-state index in [1.54, 1.807) is 6.07 Å². The van der Waals surface area contributed by atoms with E-state index in [-0.39, 0.29) is 5.39 Å². The van der Waals surface area contributed by atoms with Crippen LogP contribution >= 0.6 is 0 Å². The summed E-state index contributed by atoms with van der Waals surface area (Å²) < 4.78 is 75.4. The van der Waals surface area contributed by atoms with Crippen LogP contribution in [0.3, 0.4) is 0 Å². The zero-order chi connectivity index (χ0) is 15.8. The number of aromatic amines is 1. The molecule has 0 aliphatic carbocycles. The van der Waals surface area contributed by atoms with Gasteiger partial charge in [-0.3, -0.25) is 4.79 Å². The minimum Gasteiger partial charge on any atom is -0.361 e. The van der Waals surface area contributed by atoms with Crippen LogP contribution in [0.25, 0.3) is 10.9 Å². The van der Waals surface area contributed by atoms with Crippen LogP contribution in [0.1, 0.15) is 11.6 Å². The molecular weight excluding hydrogens is 302 g/mol. The number of hydrogen-bond acceptors (Lipinski definition) is 1. The predicted octanol–water partition coefficient (Wildman–Crippen LogP) is 3.45. The van der Waals surface area contributed by atoms with Crippen LogP contribution < -0.4 is 5.32 Å². The number of aromatic nitrogens is 1. The van der Waals surface area contributed by atoms with Gasteiger partial charge in [-0.05, 0) is 6.07 Å². The quantitative estimate of drug-likeness (QED) is 0.820. The summed E-state index contributed by atoms with van der Waals surface area (Å²) in [5.41, 5.74) is -0.154. The first kappa shape index (κ1) is 15.2. The van der Waals surface area contributed by atoms with Crippen molar-refractivity contribution in [3.63, 3.8) is 0 Å². The monoisotopic (exact) mass is 310 g/mol. The maximum absolute atomic E-state index is 13.0. The number of hydrogen-bond donors (Lipinski definition) is 2. The molecule has 0 saturated carbocycles. The molecule has 0 aliphatic rings. The fourth-order valence-electron chi connectivity index (χ4n) is 1.88. The summed E-state index contributed by atoms with van der Waals surface area (Å²) in [5, 5.41) is 1.07. The molecule has 1 aromatic carbocycles. The van der Waals surface area contributed by atoms with Crippen molar-refractivity contribution in [1.29, 1.82) is 0 Å². The minimum absolute atomic E-state index is 0.0855. The van der Waals surface area contributed by atoms with E-state index in [9.17, 15) is 31.1 Å². The smallest absolute Gasteiger partial charge is 0.361 e. The molecule has 0 aliphatic heterocycles. The zero-order valence-corrected chi connectivity index (χ0v) is 10.1. The zero-order valence-electron chi connectivity index (χ0n) is 10.1. The van der Waals surface area contributed by atoms with Gasteiger partial charge in [0.15, 0.2) is 6.04 Å². The lowest BCUT2D eigenvalue weighted by Gasteiger charge is -2.22. The number of amides is 1. The lowest BCUT2D eigenvalue weighted by molar-refractivity contribution is -0.188. The van der Waals surface area contributed by atoms with Crippen LogP contribution in [0.5, 0.6) is 0 Å². The van der Waals surface area contributed by atoms with Crippen molar-refractivity contribution in [2.75, 3.05) is 0 Å². The first-order chi connectivity index (χ1) is 9.60. The second kappa shape index (κ2) is 4.97. The molecule has 0 saturated heterocycles. The second-order valence-corrected chi connectivity index (χ2v) is 4.24. The van der Waals surface area contributed by atoms with Crippen LogP contribution in [0.2, 0.25) is 0 Å². The third kappa shape index (κ3) is 3.11. The maximum atomic E-state index is 13.0. The molecule has 1 aromatic heterocycles. The molecule has 0 spiro atoms. The van der Waals surface area contributed by atoms with Crippen LogP contribution in [0.4, 0.5) is 26.3 Å². The van der Waals surface area contributed by atoms with Crippen molar-refractivity contribution < 1.29 is 31.1 Å². The fraction of sp³-hybridized carbons (Fsp3) is 0.250. The molecule has 3 nitrogen and oxygen atoms in total. The Kier molecular flexibility index (Phi) is 3.60. The summed E-state index contributed by atoms with van der Waals surface area (Å²) in [6.45, 7) is 0. The van der Waals surface area contributed by atoms with Gasteiger partial charge in [-0.2, -0.15) is 26.3 Å². The third-order valence-electron chi connectivity index (χ3n) is 2.79. The molecule has 0 fully saturated rings. The number of halogens is 6. The minimum atomic E-state index is -5.39. The number of para-hydroxylation sites is 1. The van der Waals surface area contributed by atoms with E-state index in [0.717, 1.165) is 11.5 Å². The highest BCUT2D eigenvalue weighted by Crippen LogP contribution is 2.37.